The van der Waals surface area contributed by atoms with E-state index in [9.17, 15) is 0 Å². The number of rotatable bonds is 1. The quantitative estimate of drug-likeness (QED) is 0.766. The first-order valence-electron chi connectivity index (χ1n) is 4.85. The fourth-order valence-corrected chi connectivity index (χ4v) is 1.44. The summed E-state index contributed by atoms with van der Waals surface area (Å²) >= 11 is 0. The highest BCUT2D eigenvalue weighted by molar-refractivity contribution is 5.47. The smallest absolute Gasteiger partial charge is 0.155 e. The summed E-state index contributed by atoms with van der Waals surface area (Å²) < 4.78 is 1.68. The molecule has 2 aromatic heterocycles. The van der Waals surface area contributed by atoms with E-state index in [1.165, 1.54) is 0 Å². The summed E-state index contributed by atoms with van der Waals surface area (Å²) in [6.45, 7) is 5.85. The Morgan fingerprint density at radius 2 is 1.93 bits per heavy atom. The van der Waals surface area contributed by atoms with Crippen LogP contribution in [0.25, 0.3) is 5.82 Å². The van der Waals surface area contributed by atoms with Gasteiger partial charge in [-0.3, -0.25) is 0 Å². The Kier molecular flexibility index (Phi) is 2.19. The average molecular weight is 202 g/mol. The summed E-state index contributed by atoms with van der Waals surface area (Å²) in [7, 11) is 0. The van der Waals surface area contributed by atoms with Gasteiger partial charge < -0.3 is 5.73 Å². The molecule has 0 unspecified atom stereocenters. The summed E-state index contributed by atoms with van der Waals surface area (Å²) in [5.74, 6) is 1.43. The van der Waals surface area contributed by atoms with Gasteiger partial charge in [0.2, 0.25) is 0 Å². The molecule has 0 spiro atoms. The van der Waals surface area contributed by atoms with Gasteiger partial charge in [0.25, 0.3) is 0 Å². The van der Waals surface area contributed by atoms with Crippen molar-refractivity contribution in [2.75, 3.05) is 5.73 Å². The highest BCUT2D eigenvalue weighted by atomic mass is 15.3. The molecule has 0 aliphatic carbocycles. The van der Waals surface area contributed by atoms with Gasteiger partial charge in [-0.25, -0.2) is 4.98 Å². The Labute approximate surface area is 88.8 Å². The van der Waals surface area contributed by atoms with E-state index in [4.69, 9.17) is 5.73 Å². The van der Waals surface area contributed by atoms with Crippen LogP contribution in [0.15, 0.2) is 18.2 Å². The first kappa shape index (κ1) is 9.71. The Morgan fingerprint density at radius 1 is 1.20 bits per heavy atom. The molecule has 0 amide bonds. The molecule has 0 bridgehead atoms. The van der Waals surface area contributed by atoms with Crippen molar-refractivity contribution in [2.24, 2.45) is 0 Å². The van der Waals surface area contributed by atoms with Gasteiger partial charge in [0.05, 0.1) is 5.69 Å². The fraction of sp³-hybridized carbons (Fsp3) is 0.273. The zero-order chi connectivity index (χ0) is 11.0. The molecule has 2 N–H and O–H groups in total. The zero-order valence-electron chi connectivity index (χ0n) is 9.15. The maximum Gasteiger partial charge on any atom is 0.155 e. The summed E-state index contributed by atoms with van der Waals surface area (Å²) in [4.78, 5) is 4.38. The molecular weight excluding hydrogens is 188 g/mol. The number of nitrogens with two attached hydrogens (primary N) is 1. The van der Waals surface area contributed by atoms with Crippen molar-refractivity contribution in [1.82, 2.24) is 14.8 Å². The summed E-state index contributed by atoms with van der Waals surface area (Å²) in [5, 5.41) is 4.35. The average Bonchev–Trinajstić information content (AvgIpc) is 2.46. The van der Waals surface area contributed by atoms with Crippen LogP contribution in [0, 0.1) is 20.8 Å². The van der Waals surface area contributed by atoms with Gasteiger partial charge in [0.15, 0.2) is 5.82 Å². The Balaban J connectivity index is 2.59. The molecule has 2 heterocycles. The largest absolute Gasteiger partial charge is 0.383 e. The van der Waals surface area contributed by atoms with Crippen molar-refractivity contribution in [2.45, 2.75) is 20.8 Å². The van der Waals surface area contributed by atoms with Crippen LogP contribution in [-0.2, 0) is 0 Å². The van der Waals surface area contributed by atoms with E-state index in [2.05, 4.69) is 10.1 Å². The lowest BCUT2D eigenvalue weighted by molar-refractivity contribution is 0.836. The Hall–Kier alpha value is -1.84. The third-order valence-corrected chi connectivity index (χ3v) is 2.50. The summed E-state index contributed by atoms with van der Waals surface area (Å²) in [6.07, 6.45) is 0. The van der Waals surface area contributed by atoms with Gasteiger partial charge in [-0.1, -0.05) is 6.07 Å². The zero-order valence-corrected chi connectivity index (χ0v) is 9.15. The predicted molar refractivity (Wildman–Crippen MR) is 60.0 cm³/mol. The van der Waals surface area contributed by atoms with Crippen LogP contribution >= 0.6 is 0 Å². The molecule has 0 aliphatic heterocycles. The number of pyridine rings is 1. The molecule has 2 rings (SSSR count). The number of anilines is 1. The third kappa shape index (κ3) is 1.58. The fourth-order valence-electron chi connectivity index (χ4n) is 1.44. The lowest BCUT2D eigenvalue weighted by Gasteiger charge is -2.03. The topological polar surface area (TPSA) is 56.7 Å². The van der Waals surface area contributed by atoms with E-state index >= 15 is 0 Å². The van der Waals surface area contributed by atoms with Crippen LogP contribution in [0.4, 0.5) is 5.82 Å². The monoisotopic (exact) mass is 202 g/mol. The number of aromatic nitrogens is 3. The maximum atomic E-state index is 5.95. The SMILES string of the molecule is Cc1cccc(-n2nc(C)c(C)c2N)n1. The van der Waals surface area contributed by atoms with Crippen LogP contribution in [0.2, 0.25) is 0 Å². The minimum absolute atomic E-state index is 0.658. The number of hydrogen-bond acceptors (Lipinski definition) is 3. The highest BCUT2D eigenvalue weighted by Crippen LogP contribution is 2.18. The molecule has 2 aromatic rings. The van der Waals surface area contributed by atoms with E-state index in [0.29, 0.717) is 5.82 Å². The van der Waals surface area contributed by atoms with E-state index < -0.39 is 0 Å². The van der Waals surface area contributed by atoms with Crippen LogP contribution in [0.5, 0.6) is 0 Å². The number of aryl methyl sites for hydroxylation is 2. The summed E-state index contributed by atoms with van der Waals surface area (Å²) in [5.41, 5.74) is 8.86. The normalized spacial score (nSPS) is 10.6. The molecule has 15 heavy (non-hydrogen) atoms. The first-order chi connectivity index (χ1) is 7.09. The second-order valence-electron chi connectivity index (χ2n) is 3.64. The number of hydrogen-bond donors (Lipinski definition) is 1. The lowest BCUT2D eigenvalue weighted by Crippen LogP contribution is -2.04. The molecule has 4 nitrogen and oxygen atoms in total. The van der Waals surface area contributed by atoms with E-state index in [1.807, 2.05) is 39.0 Å². The van der Waals surface area contributed by atoms with Crippen molar-refractivity contribution in [3.05, 3.63) is 35.2 Å². The number of nitrogens with zero attached hydrogens (tertiary/aromatic N) is 3. The second kappa shape index (κ2) is 3.38. The van der Waals surface area contributed by atoms with E-state index in [-0.39, 0.29) is 0 Å². The van der Waals surface area contributed by atoms with Gasteiger partial charge in [0.1, 0.15) is 5.82 Å². The number of nitrogen functional groups attached to an aromatic ring is 1. The molecule has 0 aromatic carbocycles. The van der Waals surface area contributed by atoms with Crippen molar-refractivity contribution >= 4 is 5.82 Å². The van der Waals surface area contributed by atoms with Gasteiger partial charge in [-0.05, 0) is 32.9 Å². The van der Waals surface area contributed by atoms with Gasteiger partial charge in [-0.15, -0.1) is 0 Å². The molecule has 0 fully saturated rings. The van der Waals surface area contributed by atoms with Gasteiger partial charge in [0, 0.05) is 11.3 Å². The van der Waals surface area contributed by atoms with Crippen LogP contribution < -0.4 is 5.73 Å². The Morgan fingerprint density at radius 3 is 2.47 bits per heavy atom. The minimum atomic E-state index is 0.658. The molecule has 0 atom stereocenters. The Bertz CT molecular complexity index is 499. The van der Waals surface area contributed by atoms with Gasteiger partial charge in [-0.2, -0.15) is 9.78 Å². The van der Waals surface area contributed by atoms with Crippen LogP contribution in [0.1, 0.15) is 17.0 Å². The standard InChI is InChI=1S/C11H14N4/c1-7-5-4-6-10(13-7)15-11(12)8(2)9(3)14-15/h4-6H,12H2,1-3H3. The molecule has 78 valence electrons. The van der Waals surface area contributed by atoms with Crippen LogP contribution in [-0.4, -0.2) is 14.8 Å². The molecule has 0 aliphatic rings. The molecule has 0 saturated carbocycles. The molecule has 0 radical (unpaired) electrons. The molecular formula is C11H14N4. The highest BCUT2D eigenvalue weighted by Gasteiger charge is 2.10. The minimum Gasteiger partial charge on any atom is -0.383 e. The van der Waals surface area contributed by atoms with E-state index in [1.54, 1.807) is 4.68 Å². The van der Waals surface area contributed by atoms with Crippen molar-refractivity contribution < 1.29 is 0 Å². The van der Waals surface area contributed by atoms with Crippen LogP contribution in [0.3, 0.4) is 0 Å². The summed E-state index contributed by atoms with van der Waals surface area (Å²) in [6, 6.07) is 5.79. The van der Waals surface area contributed by atoms with Crippen molar-refractivity contribution in [3.63, 3.8) is 0 Å². The van der Waals surface area contributed by atoms with Gasteiger partial charge >= 0.3 is 0 Å². The predicted octanol–water partition coefficient (Wildman–Crippen LogP) is 1.77. The third-order valence-electron chi connectivity index (χ3n) is 2.50. The second-order valence-corrected chi connectivity index (χ2v) is 3.64. The molecule has 0 saturated heterocycles. The maximum absolute atomic E-state index is 5.95. The van der Waals surface area contributed by atoms with E-state index in [0.717, 1.165) is 22.8 Å². The molecule has 4 heteroatoms. The van der Waals surface area contributed by atoms with Crippen molar-refractivity contribution in [3.8, 4) is 5.82 Å². The lowest BCUT2D eigenvalue weighted by atomic mass is 10.3. The van der Waals surface area contributed by atoms with Crippen molar-refractivity contribution in [1.29, 1.82) is 0 Å². The first-order valence-corrected chi connectivity index (χ1v) is 4.85.